The zero-order valence-corrected chi connectivity index (χ0v) is 26.4. The van der Waals surface area contributed by atoms with Crippen molar-refractivity contribution in [3.8, 4) is 22.6 Å². The van der Waals surface area contributed by atoms with Crippen LogP contribution in [0.15, 0.2) is 164 Å². The van der Waals surface area contributed by atoms with Crippen LogP contribution in [-0.2, 0) is 6.42 Å². The molecule has 2 aliphatic rings. The van der Waals surface area contributed by atoms with Gasteiger partial charge in [0, 0.05) is 28.2 Å². The summed E-state index contributed by atoms with van der Waals surface area (Å²) in [6, 6.07) is 57.1. The smallest absolute Gasteiger partial charge is 0.136 e. The topological polar surface area (TPSA) is 12.5 Å². The second-order valence-corrected chi connectivity index (χ2v) is 12.9. The predicted octanol–water partition coefficient (Wildman–Crippen LogP) is 12.8. The summed E-state index contributed by atoms with van der Waals surface area (Å²) in [7, 11) is 0. The molecule has 0 fully saturated rings. The normalized spacial score (nSPS) is 13.1. The summed E-state index contributed by atoms with van der Waals surface area (Å²) in [5, 5.41) is 7.48. The summed E-state index contributed by atoms with van der Waals surface area (Å²) in [6.07, 6.45) is 4.49. The number of benzene rings is 8. The Balaban J connectivity index is 1.03. The van der Waals surface area contributed by atoms with E-state index in [2.05, 4.69) is 169 Å². The number of rotatable bonds is 4. The van der Waals surface area contributed by atoms with E-state index in [1.165, 1.54) is 65.7 Å². The first kappa shape index (κ1) is 27.0. The highest BCUT2D eigenvalue weighted by molar-refractivity contribution is 6.00. The molecule has 226 valence electrons. The minimum Gasteiger partial charge on any atom is -0.456 e. The van der Waals surface area contributed by atoms with Crippen LogP contribution < -0.4 is 9.64 Å². The van der Waals surface area contributed by atoms with Gasteiger partial charge in [0.1, 0.15) is 11.5 Å². The van der Waals surface area contributed by atoms with Gasteiger partial charge in [0.15, 0.2) is 0 Å². The average molecular weight is 614 g/mol. The van der Waals surface area contributed by atoms with Gasteiger partial charge in [0.25, 0.3) is 0 Å². The van der Waals surface area contributed by atoms with E-state index in [4.69, 9.17) is 4.74 Å². The number of aryl methyl sites for hydroxylation is 1. The molecule has 8 aromatic rings. The van der Waals surface area contributed by atoms with E-state index in [9.17, 15) is 0 Å². The van der Waals surface area contributed by atoms with Crippen molar-refractivity contribution in [2.75, 3.05) is 4.90 Å². The molecule has 48 heavy (non-hydrogen) atoms. The fourth-order valence-electron chi connectivity index (χ4n) is 7.76. The Labute approximate surface area is 279 Å². The summed E-state index contributed by atoms with van der Waals surface area (Å²) in [5.41, 5.74) is 11.0. The number of ether oxygens (including phenoxy) is 1. The first-order valence-electron chi connectivity index (χ1n) is 16.7. The lowest BCUT2D eigenvalue weighted by Crippen LogP contribution is -2.10. The first-order valence-corrected chi connectivity index (χ1v) is 16.7. The van der Waals surface area contributed by atoms with Crippen molar-refractivity contribution in [3.63, 3.8) is 0 Å². The average Bonchev–Trinajstić information content (AvgIpc) is 3.15. The molecule has 0 aromatic heterocycles. The Morgan fingerprint density at radius 2 is 1.10 bits per heavy atom. The molecule has 2 nitrogen and oxygen atoms in total. The molecule has 0 saturated carbocycles. The Hall–Kier alpha value is -6.12. The van der Waals surface area contributed by atoms with Crippen molar-refractivity contribution >= 4 is 55.0 Å². The van der Waals surface area contributed by atoms with Crippen LogP contribution in [-0.4, -0.2) is 0 Å². The third-order valence-corrected chi connectivity index (χ3v) is 10.0. The number of nitrogens with zero attached hydrogens (tertiary/aromatic N) is 1. The summed E-state index contributed by atoms with van der Waals surface area (Å²) in [4.78, 5) is 2.34. The third kappa shape index (κ3) is 4.34. The van der Waals surface area contributed by atoms with E-state index in [1.807, 2.05) is 0 Å². The van der Waals surface area contributed by atoms with Gasteiger partial charge >= 0.3 is 0 Å². The van der Waals surface area contributed by atoms with Gasteiger partial charge in [-0.3, -0.25) is 0 Å². The van der Waals surface area contributed by atoms with E-state index in [0.29, 0.717) is 0 Å². The Kier molecular flexibility index (Phi) is 6.04. The molecule has 0 saturated heterocycles. The van der Waals surface area contributed by atoms with E-state index < -0.39 is 0 Å². The van der Waals surface area contributed by atoms with E-state index >= 15 is 0 Å². The van der Waals surface area contributed by atoms with Gasteiger partial charge in [-0.15, -0.1) is 0 Å². The highest BCUT2D eigenvalue weighted by atomic mass is 16.5. The maximum absolute atomic E-state index is 6.58. The summed E-state index contributed by atoms with van der Waals surface area (Å²) in [5.74, 6) is 1.91. The Morgan fingerprint density at radius 1 is 0.458 bits per heavy atom. The molecule has 1 aliphatic carbocycles. The molecular formula is C46H31NO. The van der Waals surface area contributed by atoms with Crippen molar-refractivity contribution in [3.05, 3.63) is 180 Å². The maximum Gasteiger partial charge on any atom is 0.136 e. The van der Waals surface area contributed by atoms with Gasteiger partial charge in [-0.2, -0.15) is 0 Å². The highest BCUT2D eigenvalue weighted by Gasteiger charge is 2.28. The van der Waals surface area contributed by atoms with Gasteiger partial charge in [-0.1, -0.05) is 103 Å². The molecule has 2 heteroatoms. The maximum atomic E-state index is 6.58. The van der Waals surface area contributed by atoms with Crippen LogP contribution in [0.5, 0.6) is 11.5 Å². The third-order valence-electron chi connectivity index (χ3n) is 10.0. The summed E-state index contributed by atoms with van der Waals surface area (Å²) >= 11 is 0. The minimum atomic E-state index is 0.931. The SMILES string of the molecule is C1=C2c3cc(-c4ccc5cc(N(c6ccccc6)c6ccc7ccccc7c6)ccc5c4)ccc3Oc3cc4ccccc4c(c32)CC1. The molecule has 0 bridgehead atoms. The molecule has 0 radical (unpaired) electrons. The summed E-state index contributed by atoms with van der Waals surface area (Å²) < 4.78 is 6.58. The lowest BCUT2D eigenvalue weighted by Gasteiger charge is -2.29. The number of hydrogen-bond donors (Lipinski definition) is 0. The quantitative estimate of drug-likeness (QED) is 0.196. The van der Waals surface area contributed by atoms with E-state index in [1.54, 1.807) is 0 Å². The Bertz CT molecular complexity index is 2600. The monoisotopic (exact) mass is 613 g/mol. The number of hydrogen-bond acceptors (Lipinski definition) is 2. The largest absolute Gasteiger partial charge is 0.456 e. The van der Waals surface area contributed by atoms with Crippen LogP contribution in [0.25, 0.3) is 49.0 Å². The molecule has 0 spiro atoms. The molecule has 0 unspecified atom stereocenters. The van der Waals surface area contributed by atoms with Crippen molar-refractivity contribution in [1.82, 2.24) is 0 Å². The fourth-order valence-corrected chi connectivity index (χ4v) is 7.76. The molecule has 10 rings (SSSR count). The van der Waals surface area contributed by atoms with Crippen LogP contribution in [0.2, 0.25) is 0 Å². The van der Waals surface area contributed by atoms with Crippen LogP contribution in [0.3, 0.4) is 0 Å². The molecule has 1 heterocycles. The lowest BCUT2D eigenvalue weighted by molar-refractivity contribution is 0.473. The van der Waals surface area contributed by atoms with Crippen molar-refractivity contribution < 1.29 is 4.74 Å². The van der Waals surface area contributed by atoms with Crippen LogP contribution in [0.1, 0.15) is 23.1 Å². The fraction of sp³-hybridized carbons (Fsp3) is 0.0435. The summed E-state index contributed by atoms with van der Waals surface area (Å²) in [6.45, 7) is 0. The van der Waals surface area contributed by atoms with E-state index in [-0.39, 0.29) is 0 Å². The lowest BCUT2D eigenvalue weighted by atomic mass is 9.81. The van der Waals surface area contributed by atoms with Crippen molar-refractivity contribution in [1.29, 1.82) is 0 Å². The Morgan fingerprint density at radius 3 is 1.96 bits per heavy atom. The van der Waals surface area contributed by atoms with Gasteiger partial charge in [-0.25, -0.2) is 0 Å². The number of anilines is 3. The zero-order chi connectivity index (χ0) is 31.6. The standard InChI is InChI=1S/C46H31NO/c1-2-12-37(13-3-1)47(38-22-19-30-9-4-5-10-31(30)26-38)39-23-20-33-25-32(17-18-34(33)27-39)35-21-24-44-43(28-35)42-16-8-15-41-40-14-7-6-11-36(40)29-45(48-44)46(41)42/h1-7,9-14,16-29H,8,15H2. The highest BCUT2D eigenvalue weighted by Crippen LogP contribution is 2.50. The van der Waals surface area contributed by atoms with Gasteiger partial charge in [0.2, 0.25) is 0 Å². The number of para-hydroxylation sites is 1. The second-order valence-electron chi connectivity index (χ2n) is 12.9. The van der Waals surface area contributed by atoms with Gasteiger partial charge < -0.3 is 9.64 Å². The van der Waals surface area contributed by atoms with Crippen LogP contribution in [0, 0.1) is 0 Å². The molecule has 0 atom stereocenters. The second kappa shape index (κ2) is 10.7. The first-order chi connectivity index (χ1) is 23.8. The molecule has 1 aliphatic heterocycles. The predicted molar refractivity (Wildman–Crippen MR) is 201 cm³/mol. The molecular weight excluding hydrogens is 583 g/mol. The minimum absolute atomic E-state index is 0.931. The number of fused-ring (bicyclic) bond motifs is 6. The molecule has 8 aromatic carbocycles. The van der Waals surface area contributed by atoms with E-state index in [0.717, 1.165) is 41.4 Å². The van der Waals surface area contributed by atoms with Crippen molar-refractivity contribution in [2.45, 2.75) is 12.8 Å². The van der Waals surface area contributed by atoms with Crippen LogP contribution >= 0.6 is 0 Å². The molecule has 0 amide bonds. The number of allylic oxidation sites excluding steroid dienone is 1. The zero-order valence-electron chi connectivity index (χ0n) is 26.4. The van der Waals surface area contributed by atoms with Gasteiger partial charge in [0.05, 0.1) is 0 Å². The molecule has 0 N–H and O–H groups in total. The van der Waals surface area contributed by atoms with Crippen LogP contribution in [0.4, 0.5) is 17.1 Å². The van der Waals surface area contributed by atoms with Gasteiger partial charge in [-0.05, 0) is 128 Å². The van der Waals surface area contributed by atoms with Crippen molar-refractivity contribution in [2.24, 2.45) is 0 Å².